The predicted molar refractivity (Wildman–Crippen MR) is 81.3 cm³/mol. The molecule has 6 nitrogen and oxygen atoms in total. The van der Waals surface area contributed by atoms with E-state index in [0.717, 1.165) is 5.56 Å². The van der Waals surface area contributed by atoms with Crippen molar-refractivity contribution in [1.29, 1.82) is 0 Å². The van der Waals surface area contributed by atoms with E-state index in [9.17, 15) is 10.1 Å². The molecule has 0 radical (unpaired) electrons. The molecule has 0 amide bonds. The minimum atomic E-state index is -0.458. The zero-order valence-electron chi connectivity index (χ0n) is 11.5. The summed E-state index contributed by atoms with van der Waals surface area (Å²) in [5, 5.41) is 15.1. The summed E-state index contributed by atoms with van der Waals surface area (Å²) in [5.41, 5.74) is 3.77. The normalized spacial score (nSPS) is 11.0. The van der Waals surface area contributed by atoms with Crippen molar-refractivity contribution < 1.29 is 9.66 Å². The van der Waals surface area contributed by atoms with Crippen molar-refractivity contribution in [2.24, 2.45) is 5.10 Å². The van der Waals surface area contributed by atoms with E-state index in [0.29, 0.717) is 18.2 Å². The molecule has 6 heteroatoms. The van der Waals surface area contributed by atoms with Gasteiger partial charge < -0.3 is 4.74 Å². The van der Waals surface area contributed by atoms with E-state index in [2.05, 4.69) is 10.5 Å². The number of nitro benzene ring substituents is 1. The molecule has 0 heterocycles. The molecule has 2 aromatic carbocycles. The van der Waals surface area contributed by atoms with Crippen LogP contribution in [0, 0.1) is 10.1 Å². The average molecular weight is 285 g/mol. The Balaban J connectivity index is 2.27. The topological polar surface area (TPSA) is 76.8 Å². The zero-order chi connectivity index (χ0) is 15.1. The highest BCUT2D eigenvalue weighted by Crippen LogP contribution is 2.23. The number of anilines is 1. The van der Waals surface area contributed by atoms with Gasteiger partial charge in [-0.3, -0.25) is 15.5 Å². The van der Waals surface area contributed by atoms with Gasteiger partial charge in [-0.15, -0.1) is 5.10 Å². The lowest BCUT2D eigenvalue weighted by molar-refractivity contribution is -0.384. The van der Waals surface area contributed by atoms with Crippen molar-refractivity contribution in [3.8, 4) is 0 Å². The summed E-state index contributed by atoms with van der Waals surface area (Å²) < 4.78 is 5.47. The zero-order valence-corrected chi connectivity index (χ0v) is 11.5. The minimum absolute atomic E-state index is 0.0369. The lowest BCUT2D eigenvalue weighted by atomic mass is 10.2. The fourth-order valence-corrected chi connectivity index (χ4v) is 1.74. The summed E-state index contributed by atoms with van der Waals surface area (Å²) in [6.07, 6.45) is 0. The number of benzene rings is 2. The number of hydrazone groups is 1. The number of hydrogen-bond acceptors (Lipinski definition) is 5. The fourth-order valence-electron chi connectivity index (χ4n) is 1.74. The summed E-state index contributed by atoms with van der Waals surface area (Å²) in [6.45, 7) is 2.30. The maximum Gasteiger partial charge on any atom is 0.294 e. The Kier molecular flexibility index (Phi) is 4.87. The highest BCUT2D eigenvalue weighted by atomic mass is 16.6. The number of ether oxygens (including phenoxy) is 1. The first-order valence-electron chi connectivity index (χ1n) is 6.47. The van der Waals surface area contributed by atoms with Gasteiger partial charge in [-0.1, -0.05) is 30.3 Å². The number of nitrogens with zero attached hydrogens (tertiary/aromatic N) is 2. The summed E-state index contributed by atoms with van der Waals surface area (Å²) in [4.78, 5) is 10.5. The Morgan fingerprint density at radius 1 is 1.19 bits per heavy atom. The number of nitrogens with one attached hydrogen (secondary N) is 1. The van der Waals surface area contributed by atoms with Gasteiger partial charge in [-0.2, -0.15) is 0 Å². The molecule has 0 atom stereocenters. The van der Waals surface area contributed by atoms with Gasteiger partial charge in [0, 0.05) is 11.6 Å². The van der Waals surface area contributed by atoms with Crippen LogP contribution in [0.2, 0.25) is 0 Å². The van der Waals surface area contributed by atoms with Crippen LogP contribution in [0.4, 0.5) is 11.4 Å². The van der Waals surface area contributed by atoms with Crippen molar-refractivity contribution in [1.82, 2.24) is 0 Å². The minimum Gasteiger partial charge on any atom is -0.477 e. The number of rotatable bonds is 5. The monoisotopic (exact) mass is 285 g/mol. The smallest absolute Gasteiger partial charge is 0.294 e. The lowest BCUT2D eigenvalue weighted by Crippen LogP contribution is -2.09. The van der Waals surface area contributed by atoms with E-state index >= 15 is 0 Å². The van der Waals surface area contributed by atoms with Crippen molar-refractivity contribution in [3.05, 3.63) is 70.3 Å². The van der Waals surface area contributed by atoms with Crippen LogP contribution in [0.25, 0.3) is 0 Å². The Bertz CT molecular complexity index is 642. The third-order valence-electron chi connectivity index (χ3n) is 2.68. The second-order valence-corrected chi connectivity index (χ2v) is 4.10. The van der Waals surface area contributed by atoms with Gasteiger partial charge in [-0.05, 0) is 25.1 Å². The molecule has 0 unspecified atom stereocenters. The van der Waals surface area contributed by atoms with Crippen molar-refractivity contribution in [2.45, 2.75) is 6.92 Å². The molecule has 2 aromatic rings. The number of nitro groups is 1. The Morgan fingerprint density at radius 3 is 2.52 bits per heavy atom. The lowest BCUT2D eigenvalue weighted by Gasteiger charge is -2.08. The highest BCUT2D eigenvalue weighted by molar-refractivity contribution is 5.94. The quantitative estimate of drug-likeness (QED) is 0.395. The molecule has 0 spiro atoms. The van der Waals surface area contributed by atoms with Crippen LogP contribution in [-0.2, 0) is 4.74 Å². The standard InChI is InChI=1S/C15H15N3O3/c1-2-21-15(12-8-4-3-5-9-12)17-16-13-10-6-7-11-14(13)18(19)20/h3-11,16H,2H2,1H3/b17-15+. The molecule has 0 aromatic heterocycles. The van der Waals surface area contributed by atoms with Gasteiger partial charge in [-0.25, -0.2) is 0 Å². The maximum atomic E-state index is 10.9. The van der Waals surface area contributed by atoms with Gasteiger partial charge in [0.15, 0.2) is 0 Å². The molecule has 0 aliphatic rings. The fraction of sp³-hybridized carbons (Fsp3) is 0.133. The van der Waals surface area contributed by atoms with E-state index in [1.54, 1.807) is 18.2 Å². The van der Waals surface area contributed by atoms with Crippen LogP contribution in [0.15, 0.2) is 59.7 Å². The van der Waals surface area contributed by atoms with Crippen LogP contribution >= 0.6 is 0 Å². The second-order valence-electron chi connectivity index (χ2n) is 4.10. The molecule has 1 N–H and O–H groups in total. The van der Waals surface area contributed by atoms with Gasteiger partial charge in [0.2, 0.25) is 5.90 Å². The van der Waals surface area contributed by atoms with Crippen LogP contribution < -0.4 is 5.43 Å². The van der Waals surface area contributed by atoms with Crippen molar-refractivity contribution in [2.75, 3.05) is 12.0 Å². The van der Waals surface area contributed by atoms with Crippen molar-refractivity contribution in [3.63, 3.8) is 0 Å². The first-order valence-corrected chi connectivity index (χ1v) is 6.47. The first-order chi connectivity index (χ1) is 10.2. The van der Waals surface area contributed by atoms with E-state index < -0.39 is 4.92 Å². The van der Waals surface area contributed by atoms with Crippen LogP contribution in [0.5, 0.6) is 0 Å². The molecule has 108 valence electrons. The third-order valence-corrected chi connectivity index (χ3v) is 2.68. The van der Waals surface area contributed by atoms with Gasteiger partial charge in [0.05, 0.1) is 11.5 Å². The summed E-state index contributed by atoms with van der Waals surface area (Å²) in [5.74, 6) is 0.385. The van der Waals surface area contributed by atoms with E-state index in [4.69, 9.17) is 4.74 Å². The Hall–Kier alpha value is -2.89. The van der Waals surface area contributed by atoms with Gasteiger partial charge in [0.25, 0.3) is 5.69 Å². The summed E-state index contributed by atoms with van der Waals surface area (Å²) in [7, 11) is 0. The number of hydrogen-bond donors (Lipinski definition) is 1. The predicted octanol–water partition coefficient (Wildman–Crippen LogP) is 3.41. The Morgan fingerprint density at radius 2 is 1.86 bits per heavy atom. The molecule has 0 fully saturated rings. The van der Waals surface area contributed by atoms with E-state index in [-0.39, 0.29) is 5.69 Å². The van der Waals surface area contributed by atoms with E-state index in [1.165, 1.54) is 6.07 Å². The molecular formula is C15H15N3O3. The Labute approximate surface area is 122 Å². The molecule has 0 aliphatic heterocycles. The average Bonchev–Trinajstić information content (AvgIpc) is 2.52. The molecule has 0 bridgehead atoms. The molecule has 21 heavy (non-hydrogen) atoms. The summed E-state index contributed by atoms with van der Waals surface area (Å²) in [6, 6.07) is 15.7. The molecule has 0 saturated carbocycles. The molecule has 2 rings (SSSR count). The molecule has 0 aliphatic carbocycles. The van der Waals surface area contributed by atoms with Crippen LogP contribution in [0.1, 0.15) is 12.5 Å². The van der Waals surface area contributed by atoms with Crippen LogP contribution in [0.3, 0.4) is 0 Å². The molecule has 0 saturated heterocycles. The summed E-state index contributed by atoms with van der Waals surface area (Å²) >= 11 is 0. The maximum absolute atomic E-state index is 10.9. The first kappa shape index (κ1) is 14.5. The molecular weight excluding hydrogens is 270 g/mol. The number of para-hydroxylation sites is 2. The van der Waals surface area contributed by atoms with Gasteiger partial charge in [0.1, 0.15) is 5.69 Å². The highest BCUT2D eigenvalue weighted by Gasteiger charge is 2.12. The largest absolute Gasteiger partial charge is 0.477 e. The van der Waals surface area contributed by atoms with Crippen molar-refractivity contribution >= 4 is 17.3 Å². The SMILES string of the molecule is CCO/C(=N/Nc1ccccc1[N+](=O)[O-])c1ccccc1. The van der Waals surface area contributed by atoms with E-state index in [1.807, 2.05) is 37.3 Å². The third kappa shape index (κ3) is 3.79. The van der Waals surface area contributed by atoms with Crippen LogP contribution in [-0.4, -0.2) is 17.4 Å². The second kappa shape index (κ2) is 7.04. The van der Waals surface area contributed by atoms with Gasteiger partial charge >= 0.3 is 0 Å².